The van der Waals surface area contributed by atoms with Crippen molar-refractivity contribution in [3.63, 3.8) is 0 Å². The third-order valence-electron chi connectivity index (χ3n) is 3.15. The molecule has 0 aromatic carbocycles. The molecule has 2 heterocycles. The van der Waals surface area contributed by atoms with Crippen LogP contribution in [0.25, 0.3) is 0 Å². The molecule has 1 aromatic rings. The quantitative estimate of drug-likeness (QED) is 0.719. The molecule has 1 aliphatic rings. The zero-order valence-corrected chi connectivity index (χ0v) is 12.3. The molecule has 3 N–H and O–H groups in total. The van der Waals surface area contributed by atoms with E-state index in [1.54, 1.807) is 6.92 Å². The molecule has 21 heavy (non-hydrogen) atoms. The highest BCUT2D eigenvalue weighted by Gasteiger charge is 2.28. The Morgan fingerprint density at radius 1 is 1.62 bits per heavy atom. The first kappa shape index (κ1) is 15.2. The minimum Gasteiger partial charge on any atom is -0.476 e. The van der Waals surface area contributed by atoms with Crippen molar-refractivity contribution in [1.29, 1.82) is 0 Å². The van der Waals surface area contributed by atoms with Crippen LogP contribution in [-0.4, -0.2) is 58.6 Å². The first-order chi connectivity index (χ1) is 9.99. The molecule has 2 rings (SSSR count). The van der Waals surface area contributed by atoms with Gasteiger partial charge in [0.05, 0.1) is 5.01 Å². The Morgan fingerprint density at radius 3 is 3.05 bits per heavy atom. The van der Waals surface area contributed by atoms with Gasteiger partial charge in [0.25, 0.3) is 0 Å². The third kappa shape index (κ3) is 3.69. The molecule has 8 nitrogen and oxygen atoms in total. The molecule has 1 unspecified atom stereocenters. The van der Waals surface area contributed by atoms with E-state index in [1.807, 2.05) is 0 Å². The number of urea groups is 1. The summed E-state index contributed by atoms with van der Waals surface area (Å²) < 4.78 is 0. The number of carbonyl (C=O) groups is 3. The molecule has 114 valence electrons. The molecule has 9 heteroatoms. The van der Waals surface area contributed by atoms with Crippen LogP contribution in [0.1, 0.15) is 22.4 Å². The predicted molar refractivity (Wildman–Crippen MR) is 75.4 cm³/mol. The smallest absolute Gasteiger partial charge is 0.355 e. The van der Waals surface area contributed by atoms with Gasteiger partial charge in [-0.1, -0.05) is 0 Å². The molecule has 1 aromatic heterocycles. The number of thiazole rings is 1. The molecule has 1 fully saturated rings. The van der Waals surface area contributed by atoms with Crippen molar-refractivity contribution < 1.29 is 19.5 Å². The third-order valence-corrected chi connectivity index (χ3v) is 4.05. The molecule has 0 saturated carbocycles. The molecule has 0 spiro atoms. The number of carbonyl (C=O) groups excluding carboxylic acids is 2. The molecular formula is C12H16N4O4S. The van der Waals surface area contributed by atoms with Crippen LogP contribution in [0, 0.1) is 0 Å². The number of piperazine rings is 1. The van der Waals surface area contributed by atoms with Crippen LogP contribution in [0.2, 0.25) is 0 Å². The summed E-state index contributed by atoms with van der Waals surface area (Å²) in [6, 6.07) is -0.787. The highest BCUT2D eigenvalue weighted by Crippen LogP contribution is 2.10. The van der Waals surface area contributed by atoms with Gasteiger partial charge in [-0.2, -0.15) is 0 Å². The number of hydrogen-bond donors (Lipinski definition) is 3. The maximum atomic E-state index is 12.0. The monoisotopic (exact) mass is 312 g/mol. The van der Waals surface area contributed by atoms with Gasteiger partial charge >= 0.3 is 12.0 Å². The molecule has 0 radical (unpaired) electrons. The van der Waals surface area contributed by atoms with Crippen molar-refractivity contribution in [2.24, 2.45) is 0 Å². The number of nitrogens with zero attached hydrogens (tertiary/aromatic N) is 2. The lowest BCUT2D eigenvalue weighted by molar-refractivity contribution is -0.126. The average molecular weight is 312 g/mol. The van der Waals surface area contributed by atoms with Gasteiger partial charge in [-0.15, -0.1) is 11.3 Å². The fourth-order valence-electron chi connectivity index (χ4n) is 1.96. The standard InChI is InChI=1S/C12H16N4O4S/c1-7-10(17)13-4-5-16(7)12(20)14-3-2-9-15-8(6-21-9)11(18)19/h6-7H,2-5H2,1H3,(H,13,17)(H,14,20)(H,18,19). The van der Waals surface area contributed by atoms with E-state index in [1.165, 1.54) is 21.6 Å². The summed E-state index contributed by atoms with van der Waals surface area (Å²) in [6.45, 7) is 2.94. The molecule has 1 atom stereocenters. The highest BCUT2D eigenvalue weighted by atomic mass is 32.1. The summed E-state index contributed by atoms with van der Waals surface area (Å²) in [6.07, 6.45) is 0.456. The minimum atomic E-state index is -1.06. The van der Waals surface area contributed by atoms with Crippen molar-refractivity contribution in [2.75, 3.05) is 19.6 Å². The Morgan fingerprint density at radius 2 is 2.38 bits per heavy atom. The number of hydrogen-bond acceptors (Lipinski definition) is 5. The zero-order valence-electron chi connectivity index (χ0n) is 11.5. The summed E-state index contributed by atoms with van der Waals surface area (Å²) in [4.78, 5) is 39.6. The molecule has 0 bridgehead atoms. The lowest BCUT2D eigenvalue weighted by Crippen LogP contribution is -2.58. The van der Waals surface area contributed by atoms with E-state index in [-0.39, 0.29) is 17.6 Å². The number of carboxylic acids is 1. The van der Waals surface area contributed by atoms with E-state index in [2.05, 4.69) is 15.6 Å². The van der Waals surface area contributed by atoms with Crippen LogP contribution in [0.15, 0.2) is 5.38 Å². The average Bonchev–Trinajstić information content (AvgIpc) is 2.91. The maximum Gasteiger partial charge on any atom is 0.355 e. The molecule has 1 aliphatic heterocycles. The fourth-order valence-corrected chi connectivity index (χ4v) is 2.73. The minimum absolute atomic E-state index is 0.0163. The normalized spacial score (nSPS) is 18.2. The summed E-state index contributed by atoms with van der Waals surface area (Å²) in [7, 11) is 0. The number of carboxylic acid groups (broad SMARTS) is 1. The maximum absolute atomic E-state index is 12.0. The van der Waals surface area contributed by atoms with Crippen LogP contribution in [0.3, 0.4) is 0 Å². The highest BCUT2D eigenvalue weighted by molar-refractivity contribution is 7.09. The summed E-state index contributed by atoms with van der Waals surface area (Å²) in [5.41, 5.74) is 0.0163. The van der Waals surface area contributed by atoms with Gasteiger partial charge in [-0.05, 0) is 6.92 Å². The van der Waals surface area contributed by atoms with E-state index in [9.17, 15) is 14.4 Å². The Balaban J connectivity index is 1.81. The van der Waals surface area contributed by atoms with Gasteiger partial charge in [0.1, 0.15) is 6.04 Å². The number of aromatic nitrogens is 1. The van der Waals surface area contributed by atoms with Gasteiger partial charge in [-0.3, -0.25) is 4.79 Å². The van der Waals surface area contributed by atoms with E-state index in [0.717, 1.165) is 0 Å². The van der Waals surface area contributed by atoms with Crippen LogP contribution in [0.4, 0.5) is 4.79 Å². The van der Waals surface area contributed by atoms with Crippen LogP contribution in [-0.2, 0) is 11.2 Å². The van der Waals surface area contributed by atoms with Gasteiger partial charge < -0.3 is 20.6 Å². The Bertz CT molecular complexity index is 559. The molecule has 1 saturated heterocycles. The van der Waals surface area contributed by atoms with Crippen molar-refractivity contribution in [1.82, 2.24) is 20.5 Å². The first-order valence-corrected chi connectivity index (χ1v) is 7.37. The summed E-state index contributed by atoms with van der Waals surface area (Å²) in [5.74, 6) is -1.22. The summed E-state index contributed by atoms with van der Waals surface area (Å²) in [5, 5.41) is 16.3. The number of nitrogens with one attached hydrogen (secondary N) is 2. The van der Waals surface area contributed by atoms with Gasteiger partial charge in [0.2, 0.25) is 5.91 Å². The van der Waals surface area contributed by atoms with E-state index in [0.29, 0.717) is 31.1 Å². The Hall–Kier alpha value is -2.16. The lowest BCUT2D eigenvalue weighted by Gasteiger charge is -2.32. The largest absolute Gasteiger partial charge is 0.476 e. The van der Waals surface area contributed by atoms with E-state index in [4.69, 9.17) is 5.11 Å². The zero-order chi connectivity index (χ0) is 15.4. The van der Waals surface area contributed by atoms with E-state index >= 15 is 0 Å². The number of amides is 3. The van der Waals surface area contributed by atoms with Crippen LogP contribution >= 0.6 is 11.3 Å². The van der Waals surface area contributed by atoms with Gasteiger partial charge in [-0.25, -0.2) is 14.6 Å². The van der Waals surface area contributed by atoms with Crippen LogP contribution in [0.5, 0.6) is 0 Å². The van der Waals surface area contributed by atoms with Crippen molar-refractivity contribution in [3.05, 3.63) is 16.1 Å². The SMILES string of the molecule is CC1C(=O)NCCN1C(=O)NCCc1nc(C(=O)O)cs1. The number of aromatic carboxylic acids is 1. The lowest BCUT2D eigenvalue weighted by atomic mass is 10.2. The Labute approximate surface area is 125 Å². The molecule has 0 aliphatic carbocycles. The van der Waals surface area contributed by atoms with Gasteiger partial charge in [0.15, 0.2) is 5.69 Å². The van der Waals surface area contributed by atoms with E-state index < -0.39 is 12.0 Å². The second-order valence-corrected chi connectivity index (χ2v) is 5.52. The van der Waals surface area contributed by atoms with Crippen LogP contribution < -0.4 is 10.6 Å². The fraction of sp³-hybridized carbons (Fsp3) is 0.500. The second kappa shape index (κ2) is 6.53. The van der Waals surface area contributed by atoms with Gasteiger partial charge in [0, 0.05) is 31.4 Å². The number of rotatable bonds is 4. The summed E-state index contributed by atoms with van der Waals surface area (Å²) >= 11 is 1.25. The predicted octanol–water partition coefficient (Wildman–Crippen LogP) is -0.0863. The second-order valence-electron chi connectivity index (χ2n) is 4.57. The molecular weight excluding hydrogens is 296 g/mol. The molecule has 3 amide bonds. The Kier molecular flexibility index (Phi) is 4.73. The topological polar surface area (TPSA) is 112 Å². The van der Waals surface area contributed by atoms with Crippen molar-refractivity contribution in [2.45, 2.75) is 19.4 Å². The van der Waals surface area contributed by atoms with Crippen molar-refractivity contribution in [3.8, 4) is 0 Å². The van der Waals surface area contributed by atoms with Crippen molar-refractivity contribution >= 4 is 29.2 Å². The first-order valence-electron chi connectivity index (χ1n) is 6.49.